The molecular formula is C30H44N3NaO2S. The van der Waals surface area contributed by atoms with Crippen LogP contribution in [0.25, 0.3) is 5.82 Å². The smallest absolute Gasteiger partial charge is 0.550 e. The predicted octanol–water partition coefficient (Wildman–Crippen LogP) is 3.89. The van der Waals surface area contributed by atoms with Crippen molar-refractivity contribution in [1.82, 2.24) is 14.8 Å². The first-order valence-corrected chi connectivity index (χ1v) is 15.3. The number of aromatic nitrogens is 3. The van der Waals surface area contributed by atoms with E-state index in [0.717, 1.165) is 55.8 Å². The molecule has 198 valence electrons. The molecule has 2 aromatic heterocycles. The number of aliphatic carboxylic acids is 1. The molecule has 0 spiro atoms. The van der Waals surface area contributed by atoms with E-state index in [0.29, 0.717) is 0 Å². The van der Waals surface area contributed by atoms with E-state index in [1.165, 1.54) is 80.3 Å². The summed E-state index contributed by atoms with van der Waals surface area (Å²) in [6.45, 7) is 2.19. The summed E-state index contributed by atoms with van der Waals surface area (Å²) < 4.78 is 2.13. The van der Waals surface area contributed by atoms with Gasteiger partial charge in [0.05, 0.1) is 11.4 Å². The molecule has 2 aromatic rings. The third kappa shape index (κ3) is 11.7. The van der Waals surface area contributed by atoms with E-state index in [1.54, 1.807) is 0 Å². The quantitative estimate of drug-likeness (QED) is 0.156. The monoisotopic (exact) mass is 533 g/mol. The summed E-state index contributed by atoms with van der Waals surface area (Å²) in [6, 6.07) is 4.29. The minimum absolute atomic E-state index is 0. The van der Waals surface area contributed by atoms with Gasteiger partial charge < -0.3 is 9.90 Å². The van der Waals surface area contributed by atoms with E-state index in [4.69, 9.17) is 5.10 Å². The number of carboxylic acid groups (broad SMARTS) is 1. The molecule has 0 radical (unpaired) electrons. The van der Waals surface area contributed by atoms with Crippen molar-refractivity contribution in [2.24, 2.45) is 0 Å². The molecule has 0 aromatic carbocycles. The largest absolute Gasteiger partial charge is 1.00 e. The number of nitrogens with zero attached hydrogens (tertiary/aromatic N) is 3. The van der Waals surface area contributed by atoms with Crippen molar-refractivity contribution in [1.29, 1.82) is 0 Å². The Morgan fingerprint density at radius 1 is 0.973 bits per heavy atom. The summed E-state index contributed by atoms with van der Waals surface area (Å²) in [7, 11) is 0. The van der Waals surface area contributed by atoms with Crippen LogP contribution in [0.3, 0.4) is 0 Å². The molecule has 0 saturated carbocycles. The molecule has 1 aliphatic rings. The SMILES string of the molecule is CCc1ccnc(-n2nc3c(c2CCCCCCCC/C=C\CCCCCCCC(=O)[O-])CSC3)c1.[Na+]. The normalized spacial score (nSPS) is 12.7. The van der Waals surface area contributed by atoms with E-state index >= 15 is 0 Å². The van der Waals surface area contributed by atoms with Gasteiger partial charge in [0.25, 0.3) is 0 Å². The average Bonchev–Trinajstić information content (AvgIpc) is 3.48. The van der Waals surface area contributed by atoms with Crippen molar-refractivity contribution in [3.05, 3.63) is 53.0 Å². The van der Waals surface area contributed by atoms with Gasteiger partial charge in [0.1, 0.15) is 0 Å². The molecule has 5 nitrogen and oxygen atoms in total. The van der Waals surface area contributed by atoms with Crippen molar-refractivity contribution >= 4 is 17.7 Å². The first kappa shape index (κ1) is 32.1. The fraction of sp³-hybridized carbons (Fsp3) is 0.633. The van der Waals surface area contributed by atoms with Gasteiger partial charge in [-0.25, -0.2) is 9.67 Å². The molecule has 7 heteroatoms. The van der Waals surface area contributed by atoms with Crippen LogP contribution in [0.15, 0.2) is 30.5 Å². The maximum atomic E-state index is 10.4. The number of hydrogen-bond donors (Lipinski definition) is 0. The van der Waals surface area contributed by atoms with Crippen LogP contribution in [0.4, 0.5) is 0 Å². The first-order valence-electron chi connectivity index (χ1n) is 14.2. The molecule has 37 heavy (non-hydrogen) atoms. The molecule has 0 aliphatic carbocycles. The van der Waals surface area contributed by atoms with Gasteiger partial charge in [-0.15, -0.1) is 0 Å². The average molecular weight is 534 g/mol. The van der Waals surface area contributed by atoms with Crippen LogP contribution in [0.2, 0.25) is 0 Å². The number of carbonyl (C=O) groups is 1. The number of fused-ring (bicyclic) bond motifs is 1. The van der Waals surface area contributed by atoms with Crippen LogP contribution in [-0.2, 0) is 29.1 Å². The van der Waals surface area contributed by atoms with Gasteiger partial charge in [-0.3, -0.25) is 0 Å². The van der Waals surface area contributed by atoms with Crippen molar-refractivity contribution in [3.8, 4) is 5.82 Å². The number of hydrogen-bond acceptors (Lipinski definition) is 5. The number of unbranched alkanes of at least 4 members (excludes halogenated alkanes) is 11. The van der Waals surface area contributed by atoms with E-state index in [-0.39, 0.29) is 36.0 Å². The summed E-state index contributed by atoms with van der Waals surface area (Å²) in [4.78, 5) is 15.0. The molecule has 0 atom stereocenters. The van der Waals surface area contributed by atoms with Gasteiger partial charge >= 0.3 is 29.6 Å². The summed E-state index contributed by atoms with van der Waals surface area (Å²) in [5.41, 5.74) is 5.43. The van der Waals surface area contributed by atoms with Gasteiger partial charge in [-0.05, 0) is 75.5 Å². The minimum atomic E-state index is -0.921. The van der Waals surface area contributed by atoms with Crippen LogP contribution in [0.1, 0.15) is 119 Å². The fourth-order valence-corrected chi connectivity index (χ4v) is 5.93. The number of rotatable bonds is 19. The van der Waals surface area contributed by atoms with Crippen LogP contribution < -0.4 is 34.7 Å². The van der Waals surface area contributed by atoms with Gasteiger partial charge in [0.2, 0.25) is 0 Å². The zero-order valence-electron chi connectivity index (χ0n) is 23.2. The predicted molar refractivity (Wildman–Crippen MR) is 148 cm³/mol. The molecule has 0 N–H and O–H groups in total. The zero-order valence-corrected chi connectivity index (χ0v) is 26.0. The molecule has 1 aliphatic heterocycles. The Morgan fingerprint density at radius 3 is 2.30 bits per heavy atom. The van der Waals surface area contributed by atoms with Gasteiger partial charge in [-0.2, -0.15) is 16.9 Å². The molecule has 0 bridgehead atoms. The maximum Gasteiger partial charge on any atom is 1.00 e. The second-order valence-corrected chi connectivity index (χ2v) is 10.9. The summed E-state index contributed by atoms with van der Waals surface area (Å²) in [5.74, 6) is 2.18. The van der Waals surface area contributed by atoms with E-state index in [1.807, 2.05) is 18.0 Å². The van der Waals surface area contributed by atoms with Crippen LogP contribution in [-0.4, -0.2) is 20.7 Å². The third-order valence-electron chi connectivity index (χ3n) is 7.05. The molecule has 3 rings (SSSR count). The van der Waals surface area contributed by atoms with Gasteiger partial charge in [0, 0.05) is 29.2 Å². The number of aryl methyl sites for hydroxylation is 1. The summed E-state index contributed by atoms with van der Waals surface area (Å²) in [5, 5.41) is 15.3. The van der Waals surface area contributed by atoms with Crippen molar-refractivity contribution < 1.29 is 39.5 Å². The molecule has 0 saturated heterocycles. The van der Waals surface area contributed by atoms with E-state index in [2.05, 4.69) is 40.9 Å². The Balaban J connectivity index is 0.00000481. The molecule has 3 heterocycles. The number of pyridine rings is 1. The Hall–Kier alpha value is -1.08. The number of carboxylic acids is 1. The maximum absolute atomic E-state index is 10.4. The van der Waals surface area contributed by atoms with Crippen LogP contribution in [0, 0.1) is 0 Å². The topological polar surface area (TPSA) is 70.8 Å². The van der Waals surface area contributed by atoms with Crippen LogP contribution >= 0.6 is 11.8 Å². The minimum Gasteiger partial charge on any atom is -0.550 e. The summed E-state index contributed by atoms with van der Waals surface area (Å²) >= 11 is 1.98. The molecule has 0 amide bonds. The second-order valence-electron chi connectivity index (χ2n) is 9.96. The standard InChI is InChI=1S/C30H45N3O2S.Na/c1-2-25-20-21-31-29(22-25)33-28(26-23-36-24-27(26)32-33)18-16-14-12-10-8-6-4-3-5-7-9-11-13-15-17-19-30(34)35;/h3,5,20-22H,2,4,6-19,23-24H2,1H3,(H,34,35);/q;+1/p-1/b5-3-;. The van der Waals surface area contributed by atoms with Gasteiger partial charge in [0.15, 0.2) is 5.82 Å². The van der Waals surface area contributed by atoms with Gasteiger partial charge in [-0.1, -0.05) is 64.0 Å². The Kier molecular flexibility index (Phi) is 16.5. The second kappa shape index (κ2) is 19.1. The Morgan fingerprint density at radius 2 is 1.62 bits per heavy atom. The van der Waals surface area contributed by atoms with Crippen molar-refractivity contribution in [3.63, 3.8) is 0 Å². The van der Waals surface area contributed by atoms with E-state index in [9.17, 15) is 9.90 Å². The number of allylic oxidation sites excluding steroid dienone is 2. The Bertz CT molecular complexity index is 960. The fourth-order valence-electron chi connectivity index (χ4n) is 4.87. The van der Waals surface area contributed by atoms with Crippen molar-refractivity contribution in [2.45, 2.75) is 121 Å². The molecule has 0 fully saturated rings. The number of thioether (sulfide) groups is 1. The Labute approximate surface area is 250 Å². The summed E-state index contributed by atoms with van der Waals surface area (Å²) in [6.07, 6.45) is 24.3. The molecular weight excluding hydrogens is 489 g/mol. The first-order chi connectivity index (χ1) is 17.7. The van der Waals surface area contributed by atoms with Crippen molar-refractivity contribution in [2.75, 3.05) is 0 Å². The van der Waals surface area contributed by atoms with Crippen LogP contribution in [0.5, 0.6) is 0 Å². The van der Waals surface area contributed by atoms with E-state index < -0.39 is 5.97 Å². The third-order valence-corrected chi connectivity index (χ3v) is 8.02. The zero-order chi connectivity index (χ0) is 25.4. The molecule has 0 unspecified atom stereocenters. The number of carbonyl (C=O) groups excluding carboxylic acids is 1.